The second-order valence-corrected chi connectivity index (χ2v) is 7.59. The molecule has 1 fully saturated rings. The fraction of sp³-hybridized carbons (Fsp3) is 0.500. The Hall–Kier alpha value is -1.03. The normalized spacial score (nSPS) is 18.2. The van der Waals surface area contributed by atoms with E-state index >= 15 is 0 Å². The largest absolute Gasteiger partial charge is 0.234 e. The molecule has 1 aromatic carbocycles. The van der Waals surface area contributed by atoms with Gasteiger partial charge in [-0.1, -0.05) is 6.07 Å². The minimum Gasteiger partial charge on any atom is -0.234 e. The summed E-state index contributed by atoms with van der Waals surface area (Å²) < 4.78 is 28.9. The van der Waals surface area contributed by atoms with Crippen molar-refractivity contribution in [2.24, 2.45) is 4.40 Å². The van der Waals surface area contributed by atoms with Gasteiger partial charge in [-0.25, -0.2) is 8.60 Å². The van der Waals surface area contributed by atoms with Crippen molar-refractivity contribution in [1.29, 1.82) is 0 Å². The van der Waals surface area contributed by atoms with Crippen molar-refractivity contribution in [1.82, 2.24) is 0 Å². The molecule has 0 amide bonds. The molecule has 0 spiro atoms. The molecule has 1 atom stereocenters. The van der Waals surface area contributed by atoms with Crippen molar-refractivity contribution in [3.8, 4) is 0 Å². The van der Waals surface area contributed by atoms with Crippen LogP contribution in [0.3, 0.4) is 0 Å². The first-order chi connectivity index (χ1) is 8.38. The molecular formula is C14H18FNOS. The Morgan fingerprint density at radius 3 is 2.61 bits per heavy atom. The Morgan fingerprint density at radius 2 is 2.06 bits per heavy atom. The van der Waals surface area contributed by atoms with Crippen molar-refractivity contribution in [3.05, 3.63) is 35.1 Å². The maximum atomic E-state index is 13.6. The molecule has 0 N–H and O–H groups in total. The summed E-state index contributed by atoms with van der Waals surface area (Å²) in [6.07, 6.45) is 3.74. The fourth-order valence-corrected chi connectivity index (χ4v) is 2.12. The Morgan fingerprint density at radius 1 is 1.39 bits per heavy atom. The lowest BCUT2D eigenvalue weighted by molar-refractivity contribution is 0.625. The third-order valence-corrected chi connectivity index (χ3v) is 4.22. The van der Waals surface area contributed by atoms with Gasteiger partial charge in [-0.2, -0.15) is 4.40 Å². The summed E-state index contributed by atoms with van der Waals surface area (Å²) in [5.41, 5.74) is 1.58. The molecule has 1 aromatic rings. The lowest BCUT2D eigenvalue weighted by atomic mass is 10.1. The van der Waals surface area contributed by atoms with Crippen molar-refractivity contribution in [2.45, 2.75) is 44.3 Å². The predicted molar refractivity (Wildman–Crippen MR) is 73.9 cm³/mol. The first-order valence-electron chi connectivity index (χ1n) is 6.13. The lowest BCUT2D eigenvalue weighted by Crippen LogP contribution is -2.19. The van der Waals surface area contributed by atoms with E-state index in [1.807, 2.05) is 32.9 Å². The molecule has 0 bridgehead atoms. The maximum absolute atomic E-state index is 13.6. The molecule has 0 aliphatic heterocycles. The van der Waals surface area contributed by atoms with E-state index in [2.05, 4.69) is 4.40 Å². The average molecular weight is 267 g/mol. The van der Waals surface area contributed by atoms with Gasteiger partial charge in [0.05, 0.1) is 4.75 Å². The molecule has 0 aromatic heterocycles. The van der Waals surface area contributed by atoms with Gasteiger partial charge in [0.1, 0.15) is 16.8 Å². The smallest absolute Gasteiger partial charge is 0.144 e. The van der Waals surface area contributed by atoms with Crippen LogP contribution >= 0.6 is 0 Å². The van der Waals surface area contributed by atoms with Gasteiger partial charge in [0.15, 0.2) is 0 Å². The maximum Gasteiger partial charge on any atom is 0.144 e. The molecule has 0 heterocycles. The Bertz CT molecular complexity index is 501. The zero-order valence-electron chi connectivity index (χ0n) is 10.9. The fourth-order valence-electron chi connectivity index (χ4n) is 1.59. The molecule has 0 radical (unpaired) electrons. The van der Waals surface area contributed by atoms with Crippen LogP contribution in [0.15, 0.2) is 22.6 Å². The number of rotatable bonds is 3. The molecule has 98 valence electrons. The summed E-state index contributed by atoms with van der Waals surface area (Å²) in [6, 6.07) is 5.11. The van der Waals surface area contributed by atoms with E-state index in [0.717, 1.165) is 5.56 Å². The van der Waals surface area contributed by atoms with Gasteiger partial charge in [-0.15, -0.1) is 0 Å². The number of hydrogen-bond donors (Lipinski definition) is 0. The van der Waals surface area contributed by atoms with Crippen LogP contribution < -0.4 is 0 Å². The number of halogens is 1. The van der Waals surface area contributed by atoms with Crippen LogP contribution in [-0.2, 0) is 11.0 Å². The van der Waals surface area contributed by atoms with Gasteiger partial charge in [0.2, 0.25) is 0 Å². The van der Waals surface area contributed by atoms with Crippen LogP contribution in [-0.4, -0.2) is 15.2 Å². The van der Waals surface area contributed by atoms with Crippen LogP contribution in [0.1, 0.15) is 50.7 Å². The standard InChI is InChI=1S/C14H18FNOS/c1-14(2,3)18(17)16-9-12-8-11(10-4-5-10)6-7-13(12)15/h6-10H,4-5H2,1-3H3/t18-/m0/s1. The second-order valence-electron chi connectivity index (χ2n) is 5.65. The van der Waals surface area contributed by atoms with Gasteiger partial charge >= 0.3 is 0 Å². The first kappa shape index (κ1) is 13.4. The van der Waals surface area contributed by atoms with Crippen LogP contribution in [0.2, 0.25) is 0 Å². The summed E-state index contributed by atoms with van der Waals surface area (Å²) >= 11 is 0. The van der Waals surface area contributed by atoms with Crippen LogP contribution in [0, 0.1) is 5.82 Å². The van der Waals surface area contributed by atoms with Crippen molar-refractivity contribution >= 4 is 17.2 Å². The second kappa shape index (κ2) is 4.92. The molecule has 0 saturated heterocycles. The third kappa shape index (κ3) is 3.25. The Kier molecular flexibility index (Phi) is 3.66. The Balaban J connectivity index is 2.20. The molecule has 1 saturated carbocycles. The minimum absolute atomic E-state index is 0.311. The molecule has 0 unspecified atom stereocenters. The average Bonchev–Trinajstić information content (AvgIpc) is 3.10. The van der Waals surface area contributed by atoms with E-state index in [4.69, 9.17) is 0 Å². The van der Waals surface area contributed by atoms with E-state index in [1.54, 1.807) is 0 Å². The first-order valence-corrected chi connectivity index (χ1v) is 7.24. The van der Waals surface area contributed by atoms with Crippen molar-refractivity contribution in [3.63, 3.8) is 0 Å². The summed E-state index contributed by atoms with van der Waals surface area (Å²) in [7, 11) is -1.35. The molecule has 4 heteroatoms. The highest BCUT2D eigenvalue weighted by molar-refractivity contribution is 7.85. The van der Waals surface area contributed by atoms with Crippen molar-refractivity contribution in [2.75, 3.05) is 0 Å². The van der Waals surface area contributed by atoms with Gasteiger partial charge in [-0.05, 0) is 57.2 Å². The van der Waals surface area contributed by atoms with Gasteiger partial charge in [-0.3, -0.25) is 0 Å². The molecule has 1 aliphatic rings. The van der Waals surface area contributed by atoms with Crippen LogP contribution in [0.25, 0.3) is 0 Å². The number of nitrogens with zero attached hydrogens (tertiary/aromatic N) is 1. The van der Waals surface area contributed by atoms with Crippen molar-refractivity contribution < 1.29 is 8.60 Å². The monoisotopic (exact) mass is 267 g/mol. The van der Waals surface area contributed by atoms with E-state index in [-0.39, 0.29) is 5.82 Å². The van der Waals surface area contributed by atoms with Gasteiger partial charge in [0, 0.05) is 11.8 Å². The van der Waals surface area contributed by atoms with E-state index in [1.165, 1.54) is 25.1 Å². The summed E-state index contributed by atoms with van der Waals surface area (Å²) in [6.45, 7) is 5.53. The Labute approximate surface area is 110 Å². The molecule has 2 rings (SSSR count). The third-order valence-electron chi connectivity index (χ3n) is 2.88. The summed E-state index contributed by atoms with van der Waals surface area (Å²) in [5.74, 6) is 0.264. The van der Waals surface area contributed by atoms with E-state index in [9.17, 15) is 8.60 Å². The SMILES string of the molecule is CC(C)(C)[S@](=O)N=Cc1cc(C2CC2)ccc1F. The summed E-state index contributed by atoms with van der Waals surface area (Å²) in [5, 5.41) is 0. The quantitative estimate of drug-likeness (QED) is 0.770. The number of benzene rings is 1. The van der Waals surface area contributed by atoms with Gasteiger partial charge < -0.3 is 0 Å². The summed E-state index contributed by atoms with van der Waals surface area (Å²) in [4.78, 5) is 0. The van der Waals surface area contributed by atoms with E-state index in [0.29, 0.717) is 11.5 Å². The van der Waals surface area contributed by atoms with Crippen LogP contribution in [0.5, 0.6) is 0 Å². The predicted octanol–water partition coefficient (Wildman–Crippen LogP) is 3.58. The molecule has 2 nitrogen and oxygen atoms in total. The lowest BCUT2D eigenvalue weighted by Gasteiger charge is -2.12. The zero-order valence-corrected chi connectivity index (χ0v) is 11.8. The molecular weight excluding hydrogens is 249 g/mol. The minimum atomic E-state index is -1.35. The molecule has 1 aliphatic carbocycles. The topological polar surface area (TPSA) is 29.4 Å². The highest BCUT2D eigenvalue weighted by Crippen LogP contribution is 2.40. The van der Waals surface area contributed by atoms with Crippen LogP contribution in [0.4, 0.5) is 4.39 Å². The van der Waals surface area contributed by atoms with E-state index < -0.39 is 15.7 Å². The zero-order chi connectivity index (χ0) is 13.3. The number of hydrogen-bond acceptors (Lipinski definition) is 1. The highest BCUT2D eigenvalue weighted by atomic mass is 32.2. The van der Waals surface area contributed by atoms with Gasteiger partial charge in [0.25, 0.3) is 0 Å². The highest BCUT2D eigenvalue weighted by Gasteiger charge is 2.24. The molecule has 18 heavy (non-hydrogen) atoms.